The third kappa shape index (κ3) is 2.95. The lowest BCUT2D eigenvalue weighted by molar-refractivity contribution is -0.163. The summed E-state index contributed by atoms with van der Waals surface area (Å²) in [7, 11) is 0. The summed E-state index contributed by atoms with van der Waals surface area (Å²) in [6, 6.07) is -0.167. The van der Waals surface area contributed by atoms with Gasteiger partial charge in [0.15, 0.2) is 5.13 Å². The molecule has 27 heavy (non-hydrogen) atoms. The van der Waals surface area contributed by atoms with Crippen molar-refractivity contribution in [1.29, 1.82) is 0 Å². The van der Waals surface area contributed by atoms with Crippen molar-refractivity contribution < 1.29 is 19.8 Å². The number of aliphatic carboxylic acids is 1. The van der Waals surface area contributed by atoms with Crippen LogP contribution in [0.25, 0.3) is 0 Å². The van der Waals surface area contributed by atoms with Crippen LogP contribution in [-0.4, -0.2) is 55.9 Å². The Morgan fingerprint density at radius 3 is 2.89 bits per heavy atom. The fourth-order valence-electron chi connectivity index (χ4n) is 4.34. The number of aliphatic hydroxyl groups is 1. The molecule has 0 spiro atoms. The van der Waals surface area contributed by atoms with Crippen LogP contribution in [0.4, 0.5) is 5.13 Å². The Morgan fingerprint density at radius 2 is 2.30 bits per heavy atom. The number of amides is 1. The molecule has 3 aliphatic heterocycles. The molecule has 2 saturated heterocycles. The molecule has 4 heterocycles. The normalized spacial score (nSPS) is 34.0. The molecule has 10 heteroatoms. The molecule has 0 radical (unpaired) electrons. The summed E-state index contributed by atoms with van der Waals surface area (Å²) < 4.78 is 0. The number of carboxylic acids is 1. The topological polar surface area (TPSA) is 129 Å². The number of aromatic nitrogens is 1. The van der Waals surface area contributed by atoms with Gasteiger partial charge in [0.1, 0.15) is 5.70 Å². The predicted octanol–water partition coefficient (Wildman–Crippen LogP) is 1.02. The fraction of sp³-hybridized carbons (Fsp3) is 0.588. The minimum absolute atomic E-state index is 0.0840. The van der Waals surface area contributed by atoms with E-state index in [-0.39, 0.29) is 34.9 Å². The number of thioether (sulfide) groups is 1. The molecule has 6 atom stereocenters. The number of nitrogens with zero attached hydrogens (tertiary/aromatic N) is 2. The largest absolute Gasteiger partial charge is 0.477 e. The number of hydrogen-bond donors (Lipinski definition) is 4. The molecular weight excluding hydrogens is 388 g/mol. The molecule has 0 aromatic carbocycles. The van der Waals surface area contributed by atoms with Gasteiger partial charge >= 0.3 is 5.97 Å². The number of nitrogens with two attached hydrogens (primary N) is 1. The summed E-state index contributed by atoms with van der Waals surface area (Å²) in [6.45, 7) is 4.26. The van der Waals surface area contributed by atoms with E-state index >= 15 is 0 Å². The molecule has 146 valence electrons. The highest BCUT2D eigenvalue weighted by molar-refractivity contribution is 8.03. The van der Waals surface area contributed by atoms with Gasteiger partial charge in [0.25, 0.3) is 0 Å². The van der Waals surface area contributed by atoms with Gasteiger partial charge in [0, 0.05) is 28.0 Å². The van der Waals surface area contributed by atoms with Gasteiger partial charge in [0.2, 0.25) is 5.91 Å². The second kappa shape index (κ2) is 6.77. The van der Waals surface area contributed by atoms with Crippen molar-refractivity contribution in [3.8, 4) is 0 Å². The summed E-state index contributed by atoms with van der Waals surface area (Å²) in [4.78, 5) is 30.7. The first-order chi connectivity index (χ1) is 12.8. The molecule has 3 aliphatic rings. The number of carboxylic acid groups (broad SMARTS) is 1. The minimum atomic E-state index is -1.08. The molecule has 0 bridgehead atoms. The average Bonchev–Trinajstić information content (AvgIpc) is 3.27. The highest BCUT2D eigenvalue weighted by Gasteiger charge is 2.60. The van der Waals surface area contributed by atoms with Crippen LogP contribution in [0.1, 0.15) is 32.0 Å². The van der Waals surface area contributed by atoms with Crippen molar-refractivity contribution in [2.24, 2.45) is 11.8 Å². The van der Waals surface area contributed by atoms with Gasteiger partial charge in [-0.15, -0.1) is 23.1 Å². The molecule has 0 saturated carbocycles. The van der Waals surface area contributed by atoms with E-state index < -0.39 is 18.0 Å². The molecule has 2 fully saturated rings. The molecular formula is C17H22N4O4S2. The molecule has 1 amide bonds. The number of nitrogens with one attached hydrogen (secondary N) is 1. The maximum atomic E-state index is 12.4. The highest BCUT2D eigenvalue weighted by atomic mass is 32.2. The molecule has 1 aromatic rings. The monoisotopic (exact) mass is 410 g/mol. The van der Waals surface area contributed by atoms with E-state index in [1.807, 2.05) is 12.3 Å². The van der Waals surface area contributed by atoms with Gasteiger partial charge in [-0.3, -0.25) is 4.79 Å². The highest BCUT2D eigenvalue weighted by Crippen LogP contribution is 2.52. The molecule has 0 aliphatic carbocycles. The Hall–Kier alpha value is -1.62. The average molecular weight is 411 g/mol. The summed E-state index contributed by atoms with van der Waals surface area (Å²) in [6.07, 6.45) is 0.0309. The van der Waals surface area contributed by atoms with Crippen LogP contribution in [-0.2, 0) is 9.59 Å². The van der Waals surface area contributed by atoms with Gasteiger partial charge in [-0.1, -0.05) is 6.92 Å². The zero-order valence-electron chi connectivity index (χ0n) is 15.0. The summed E-state index contributed by atoms with van der Waals surface area (Å²) in [5, 5.41) is 25.7. The Kier molecular flexibility index (Phi) is 4.69. The number of carbonyl (C=O) groups is 2. The van der Waals surface area contributed by atoms with Gasteiger partial charge in [0.05, 0.1) is 29.8 Å². The first-order valence-corrected chi connectivity index (χ1v) is 10.6. The Morgan fingerprint density at radius 1 is 1.56 bits per heavy atom. The first kappa shape index (κ1) is 18.7. The number of nitrogen functional groups attached to an aromatic ring is 1. The van der Waals surface area contributed by atoms with Gasteiger partial charge < -0.3 is 26.2 Å². The van der Waals surface area contributed by atoms with Crippen molar-refractivity contribution in [1.82, 2.24) is 15.2 Å². The number of aliphatic hydroxyl groups excluding tert-OH is 1. The number of anilines is 1. The molecule has 0 unspecified atom stereocenters. The molecule has 4 rings (SSSR count). The van der Waals surface area contributed by atoms with Gasteiger partial charge in [-0.2, -0.15) is 0 Å². The zero-order valence-corrected chi connectivity index (χ0v) is 16.6. The Bertz CT molecular complexity index is 824. The molecule has 8 nitrogen and oxygen atoms in total. The number of β-lactam (4-membered cyclic amide) rings is 1. The summed E-state index contributed by atoms with van der Waals surface area (Å²) in [5.74, 6) is -2.01. The third-order valence-corrected chi connectivity index (χ3v) is 7.80. The predicted molar refractivity (Wildman–Crippen MR) is 103 cm³/mol. The number of thiazole rings is 1. The fourth-order valence-corrected chi connectivity index (χ4v) is 6.43. The molecule has 5 N–H and O–H groups in total. The van der Waals surface area contributed by atoms with Crippen molar-refractivity contribution in [3.63, 3.8) is 0 Å². The lowest BCUT2D eigenvalue weighted by Crippen LogP contribution is -2.63. The van der Waals surface area contributed by atoms with E-state index in [4.69, 9.17) is 5.73 Å². The molecule has 1 aromatic heterocycles. The van der Waals surface area contributed by atoms with Gasteiger partial charge in [-0.05, 0) is 13.3 Å². The van der Waals surface area contributed by atoms with E-state index in [1.54, 1.807) is 6.92 Å². The third-order valence-electron chi connectivity index (χ3n) is 5.59. The second-order valence-corrected chi connectivity index (χ2v) is 9.55. The van der Waals surface area contributed by atoms with E-state index in [9.17, 15) is 19.8 Å². The van der Waals surface area contributed by atoms with E-state index in [0.717, 1.165) is 23.6 Å². The zero-order chi connectivity index (χ0) is 19.5. The quantitative estimate of drug-likeness (QED) is 0.530. The maximum Gasteiger partial charge on any atom is 0.353 e. The van der Waals surface area contributed by atoms with Gasteiger partial charge in [-0.25, -0.2) is 9.78 Å². The lowest BCUT2D eigenvalue weighted by Gasteiger charge is -2.46. The Balaban J connectivity index is 1.53. The lowest BCUT2D eigenvalue weighted by atomic mass is 9.79. The van der Waals surface area contributed by atoms with Crippen LogP contribution in [0.3, 0.4) is 0 Å². The van der Waals surface area contributed by atoms with Crippen LogP contribution in [0, 0.1) is 11.8 Å². The second-order valence-electron chi connectivity index (χ2n) is 7.32. The van der Waals surface area contributed by atoms with Crippen LogP contribution in [0.2, 0.25) is 0 Å². The van der Waals surface area contributed by atoms with Crippen LogP contribution in [0.5, 0.6) is 0 Å². The van der Waals surface area contributed by atoms with Crippen LogP contribution in [0.15, 0.2) is 16.0 Å². The minimum Gasteiger partial charge on any atom is -0.477 e. The van der Waals surface area contributed by atoms with Crippen molar-refractivity contribution in [2.45, 2.75) is 43.7 Å². The standard InChI is InChI=1S/C17H22N4O4S2/c1-6-12-11(7(2)22)15(23)21(12)13(16(24)25)14(6)27-8-3-9(19-4-8)10-5-26-17(18)20-10/h5-9,11-12,19,22H,3-4H2,1-2H3,(H2,18,20)(H,24,25)/t6-,7-,8+,9+,11-,12-/m1/s1. The maximum absolute atomic E-state index is 12.4. The van der Waals surface area contributed by atoms with E-state index in [0.29, 0.717) is 5.13 Å². The first-order valence-electron chi connectivity index (χ1n) is 8.89. The number of fused-ring (bicyclic) bond motifs is 1. The van der Waals surface area contributed by atoms with Crippen LogP contribution < -0.4 is 11.1 Å². The Labute approximate surface area is 164 Å². The number of rotatable bonds is 5. The van der Waals surface area contributed by atoms with Crippen molar-refractivity contribution in [2.75, 3.05) is 12.3 Å². The van der Waals surface area contributed by atoms with E-state index in [2.05, 4.69) is 10.3 Å². The summed E-state index contributed by atoms with van der Waals surface area (Å²) >= 11 is 2.94. The summed E-state index contributed by atoms with van der Waals surface area (Å²) in [5.41, 5.74) is 6.72. The SMILES string of the molecule is C[C@@H](O)[C@H]1C(=O)N2C(C(=O)O)=C(S[C@@H]3CN[C@H](c4csc(N)n4)C3)[C@H](C)[C@H]12. The van der Waals surface area contributed by atoms with Crippen LogP contribution >= 0.6 is 23.1 Å². The van der Waals surface area contributed by atoms with Crippen molar-refractivity contribution >= 4 is 40.1 Å². The number of carbonyl (C=O) groups excluding carboxylic acids is 1. The smallest absolute Gasteiger partial charge is 0.353 e. The van der Waals surface area contributed by atoms with E-state index in [1.165, 1.54) is 28.0 Å². The number of hydrogen-bond acceptors (Lipinski definition) is 8. The van der Waals surface area contributed by atoms with Crippen molar-refractivity contribution in [3.05, 3.63) is 21.7 Å².